The number of nitrogens with one attached hydrogen (secondary N) is 1. The van der Waals surface area contributed by atoms with Gasteiger partial charge < -0.3 is 5.32 Å². The molecular formula is C16H20BrN3O. The summed E-state index contributed by atoms with van der Waals surface area (Å²) in [7, 11) is 1.64. The number of halogens is 1. The molecule has 0 aliphatic carbocycles. The lowest BCUT2D eigenvalue weighted by Crippen LogP contribution is -2.21. The number of hydrogen-bond acceptors (Lipinski definition) is 3. The van der Waals surface area contributed by atoms with Crippen molar-refractivity contribution in [1.82, 2.24) is 9.78 Å². The molecule has 0 amide bonds. The van der Waals surface area contributed by atoms with E-state index in [-0.39, 0.29) is 5.56 Å². The molecule has 0 saturated heterocycles. The van der Waals surface area contributed by atoms with Gasteiger partial charge in [-0.05, 0) is 40.8 Å². The molecule has 0 aliphatic heterocycles. The molecule has 5 heteroatoms. The minimum Gasteiger partial charge on any atom is -0.383 e. The van der Waals surface area contributed by atoms with Gasteiger partial charge in [0, 0.05) is 13.6 Å². The SMILES string of the molecule is Cn1ncc(NCCCCCc2ccccc2)c(Br)c1=O. The van der Waals surface area contributed by atoms with Crippen LogP contribution >= 0.6 is 15.9 Å². The second-order valence-corrected chi connectivity index (χ2v) is 5.82. The van der Waals surface area contributed by atoms with Crippen LogP contribution in [0, 0.1) is 0 Å². The Bertz CT molecular complexity index is 625. The predicted octanol–water partition coefficient (Wildman–Crippen LogP) is 3.37. The molecule has 0 unspecified atom stereocenters. The number of unbranched alkanes of at least 4 members (excludes halogenated alkanes) is 2. The summed E-state index contributed by atoms with van der Waals surface area (Å²) in [5, 5.41) is 7.26. The third kappa shape index (κ3) is 4.70. The van der Waals surface area contributed by atoms with Crippen LogP contribution in [0.4, 0.5) is 5.69 Å². The Morgan fingerprint density at radius 2 is 1.95 bits per heavy atom. The van der Waals surface area contributed by atoms with Gasteiger partial charge in [-0.1, -0.05) is 36.8 Å². The van der Waals surface area contributed by atoms with Crippen molar-refractivity contribution in [3.63, 3.8) is 0 Å². The highest BCUT2D eigenvalue weighted by Gasteiger charge is 2.05. The minimum atomic E-state index is -0.121. The maximum atomic E-state index is 11.7. The summed E-state index contributed by atoms with van der Waals surface area (Å²) in [6.45, 7) is 0.849. The molecule has 1 aromatic heterocycles. The maximum absolute atomic E-state index is 11.7. The zero-order chi connectivity index (χ0) is 15.1. The van der Waals surface area contributed by atoms with E-state index in [4.69, 9.17) is 0 Å². The van der Waals surface area contributed by atoms with Crippen molar-refractivity contribution < 1.29 is 0 Å². The van der Waals surface area contributed by atoms with E-state index in [1.165, 1.54) is 16.7 Å². The van der Waals surface area contributed by atoms with Crippen LogP contribution in [-0.4, -0.2) is 16.3 Å². The molecule has 0 radical (unpaired) electrons. The number of aryl methyl sites for hydroxylation is 2. The highest BCUT2D eigenvalue weighted by atomic mass is 79.9. The van der Waals surface area contributed by atoms with Gasteiger partial charge in [0.25, 0.3) is 5.56 Å². The number of benzene rings is 1. The van der Waals surface area contributed by atoms with E-state index in [0.29, 0.717) is 4.47 Å². The van der Waals surface area contributed by atoms with Crippen LogP contribution in [-0.2, 0) is 13.5 Å². The van der Waals surface area contributed by atoms with Crippen molar-refractivity contribution in [2.24, 2.45) is 7.05 Å². The van der Waals surface area contributed by atoms with Crippen molar-refractivity contribution in [2.75, 3.05) is 11.9 Å². The maximum Gasteiger partial charge on any atom is 0.282 e. The molecule has 0 aliphatic rings. The Hall–Kier alpha value is -1.62. The van der Waals surface area contributed by atoms with E-state index in [1.807, 2.05) is 6.07 Å². The molecule has 1 N–H and O–H groups in total. The van der Waals surface area contributed by atoms with Crippen LogP contribution < -0.4 is 10.9 Å². The fourth-order valence-electron chi connectivity index (χ4n) is 2.13. The van der Waals surface area contributed by atoms with Crippen molar-refractivity contribution in [2.45, 2.75) is 25.7 Å². The summed E-state index contributed by atoms with van der Waals surface area (Å²) >= 11 is 3.31. The number of rotatable bonds is 7. The molecule has 0 bridgehead atoms. The third-order valence-electron chi connectivity index (χ3n) is 3.38. The fourth-order valence-corrected chi connectivity index (χ4v) is 2.63. The van der Waals surface area contributed by atoms with Gasteiger partial charge in [0.15, 0.2) is 0 Å². The van der Waals surface area contributed by atoms with Gasteiger partial charge in [0.1, 0.15) is 4.47 Å². The van der Waals surface area contributed by atoms with Crippen molar-refractivity contribution in [3.8, 4) is 0 Å². The first kappa shape index (κ1) is 15.8. The van der Waals surface area contributed by atoms with E-state index in [2.05, 4.69) is 50.6 Å². The monoisotopic (exact) mass is 349 g/mol. The van der Waals surface area contributed by atoms with E-state index >= 15 is 0 Å². The summed E-state index contributed by atoms with van der Waals surface area (Å²) < 4.78 is 1.86. The highest BCUT2D eigenvalue weighted by molar-refractivity contribution is 9.10. The minimum absolute atomic E-state index is 0.121. The Balaban J connectivity index is 1.68. The molecule has 1 heterocycles. The van der Waals surface area contributed by atoms with Crippen molar-refractivity contribution in [1.29, 1.82) is 0 Å². The topological polar surface area (TPSA) is 46.9 Å². The van der Waals surface area contributed by atoms with E-state index in [1.54, 1.807) is 13.2 Å². The molecule has 112 valence electrons. The Kier molecular flexibility index (Phi) is 5.99. The zero-order valence-corrected chi connectivity index (χ0v) is 13.8. The number of nitrogens with zero attached hydrogens (tertiary/aromatic N) is 2. The molecule has 21 heavy (non-hydrogen) atoms. The molecule has 2 rings (SSSR count). The average molecular weight is 350 g/mol. The molecule has 4 nitrogen and oxygen atoms in total. The first-order valence-corrected chi connectivity index (χ1v) is 7.97. The van der Waals surface area contributed by atoms with Crippen LogP contribution in [0.2, 0.25) is 0 Å². The van der Waals surface area contributed by atoms with E-state index in [0.717, 1.165) is 31.5 Å². The van der Waals surface area contributed by atoms with Crippen LogP contribution in [0.1, 0.15) is 24.8 Å². The number of anilines is 1. The Morgan fingerprint density at radius 1 is 1.19 bits per heavy atom. The smallest absolute Gasteiger partial charge is 0.282 e. The molecular weight excluding hydrogens is 330 g/mol. The molecule has 1 aromatic carbocycles. The van der Waals surface area contributed by atoms with Gasteiger partial charge in [0.05, 0.1) is 11.9 Å². The van der Waals surface area contributed by atoms with Gasteiger partial charge in [-0.25, -0.2) is 4.68 Å². The molecule has 0 saturated carbocycles. The quantitative estimate of drug-likeness (QED) is 0.779. The van der Waals surface area contributed by atoms with Gasteiger partial charge >= 0.3 is 0 Å². The summed E-state index contributed by atoms with van der Waals surface area (Å²) in [6.07, 6.45) is 6.22. The first-order valence-electron chi connectivity index (χ1n) is 7.18. The summed E-state index contributed by atoms with van der Waals surface area (Å²) in [4.78, 5) is 11.7. The van der Waals surface area contributed by atoms with E-state index in [9.17, 15) is 4.79 Å². The lowest BCUT2D eigenvalue weighted by Gasteiger charge is -2.08. The highest BCUT2D eigenvalue weighted by Crippen LogP contribution is 2.16. The summed E-state index contributed by atoms with van der Waals surface area (Å²) in [6, 6.07) is 10.5. The largest absolute Gasteiger partial charge is 0.383 e. The summed E-state index contributed by atoms with van der Waals surface area (Å²) in [5.74, 6) is 0. The Labute approximate surface area is 133 Å². The van der Waals surface area contributed by atoms with Crippen LogP contribution in [0.5, 0.6) is 0 Å². The predicted molar refractivity (Wildman–Crippen MR) is 89.7 cm³/mol. The molecule has 0 fully saturated rings. The van der Waals surface area contributed by atoms with Gasteiger partial charge in [0.2, 0.25) is 0 Å². The number of aromatic nitrogens is 2. The lowest BCUT2D eigenvalue weighted by molar-refractivity contribution is 0.690. The van der Waals surface area contributed by atoms with Gasteiger partial charge in [-0.3, -0.25) is 4.79 Å². The Morgan fingerprint density at radius 3 is 2.71 bits per heavy atom. The first-order chi connectivity index (χ1) is 10.2. The van der Waals surface area contributed by atoms with Crippen LogP contribution in [0.15, 0.2) is 45.8 Å². The van der Waals surface area contributed by atoms with E-state index < -0.39 is 0 Å². The second kappa shape index (κ2) is 7.98. The summed E-state index contributed by atoms with van der Waals surface area (Å²) in [5.41, 5.74) is 2.04. The normalized spacial score (nSPS) is 10.6. The third-order valence-corrected chi connectivity index (χ3v) is 4.15. The average Bonchev–Trinajstić information content (AvgIpc) is 2.51. The van der Waals surface area contributed by atoms with Crippen molar-refractivity contribution in [3.05, 3.63) is 56.9 Å². The van der Waals surface area contributed by atoms with Gasteiger partial charge in [-0.15, -0.1) is 0 Å². The lowest BCUT2D eigenvalue weighted by atomic mass is 10.1. The molecule has 2 aromatic rings. The molecule has 0 atom stereocenters. The molecule has 0 spiro atoms. The second-order valence-electron chi connectivity index (χ2n) is 5.02. The zero-order valence-electron chi connectivity index (χ0n) is 12.2. The number of hydrogen-bond donors (Lipinski definition) is 1. The van der Waals surface area contributed by atoms with Gasteiger partial charge in [-0.2, -0.15) is 5.10 Å². The van der Waals surface area contributed by atoms with Crippen LogP contribution in [0.25, 0.3) is 0 Å². The van der Waals surface area contributed by atoms with Crippen molar-refractivity contribution >= 4 is 21.6 Å². The fraction of sp³-hybridized carbons (Fsp3) is 0.375. The standard InChI is InChI=1S/C16H20BrN3O/c1-20-16(21)15(17)14(12-19-20)18-11-7-3-6-10-13-8-4-2-5-9-13/h2,4-5,8-9,12,18H,3,6-7,10-11H2,1H3. The van der Waals surface area contributed by atoms with Crippen LogP contribution in [0.3, 0.4) is 0 Å².